The quantitative estimate of drug-likeness (QED) is 0.838. The Bertz CT molecular complexity index is 589. The van der Waals surface area contributed by atoms with E-state index in [9.17, 15) is 9.59 Å². The van der Waals surface area contributed by atoms with Gasteiger partial charge in [0.1, 0.15) is 6.04 Å². The van der Waals surface area contributed by atoms with Gasteiger partial charge in [-0.25, -0.2) is 0 Å². The third kappa shape index (κ3) is 4.61. The van der Waals surface area contributed by atoms with Crippen LogP contribution in [-0.4, -0.2) is 30.9 Å². The van der Waals surface area contributed by atoms with Crippen LogP contribution in [0.3, 0.4) is 0 Å². The van der Waals surface area contributed by atoms with E-state index >= 15 is 0 Å². The molecule has 2 N–H and O–H groups in total. The highest BCUT2D eigenvalue weighted by molar-refractivity contribution is 6.34. The van der Waals surface area contributed by atoms with Crippen LogP contribution in [0.5, 0.6) is 0 Å². The molecular formula is C17H24ClN3O2. The summed E-state index contributed by atoms with van der Waals surface area (Å²) in [6.07, 6.45) is 1.44. The lowest BCUT2D eigenvalue weighted by Gasteiger charge is -2.20. The molecule has 1 aliphatic rings. The number of carbonyl (C=O) groups excluding carboxylic acids is 2. The van der Waals surface area contributed by atoms with Gasteiger partial charge in [-0.05, 0) is 37.5 Å². The molecule has 0 saturated carbocycles. The average molecular weight is 338 g/mol. The summed E-state index contributed by atoms with van der Waals surface area (Å²) in [4.78, 5) is 25.5. The summed E-state index contributed by atoms with van der Waals surface area (Å²) in [6.45, 7) is 7.27. The van der Waals surface area contributed by atoms with E-state index in [1.54, 1.807) is 11.0 Å². The molecule has 126 valence electrons. The van der Waals surface area contributed by atoms with Gasteiger partial charge in [0.2, 0.25) is 11.8 Å². The van der Waals surface area contributed by atoms with E-state index in [0.717, 1.165) is 17.8 Å². The second-order valence-electron chi connectivity index (χ2n) is 6.32. The molecule has 1 aromatic carbocycles. The molecule has 2 rings (SSSR count). The molecule has 5 nitrogen and oxygen atoms in total. The van der Waals surface area contributed by atoms with Crippen molar-refractivity contribution in [3.63, 3.8) is 0 Å². The molecule has 0 bridgehead atoms. The van der Waals surface area contributed by atoms with Crippen LogP contribution in [0.1, 0.15) is 33.6 Å². The van der Waals surface area contributed by atoms with E-state index in [2.05, 4.69) is 24.5 Å². The molecule has 1 aliphatic heterocycles. The fourth-order valence-electron chi connectivity index (χ4n) is 2.49. The zero-order chi connectivity index (χ0) is 17.0. The highest BCUT2D eigenvalue weighted by atomic mass is 35.5. The van der Waals surface area contributed by atoms with Gasteiger partial charge in [0.25, 0.3) is 0 Å². The van der Waals surface area contributed by atoms with Crippen molar-refractivity contribution in [3.8, 4) is 0 Å². The summed E-state index contributed by atoms with van der Waals surface area (Å²) in [5, 5.41) is 6.54. The van der Waals surface area contributed by atoms with E-state index < -0.39 is 0 Å². The Morgan fingerprint density at radius 3 is 2.65 bits per heavy atom. The number of amides is 2. The third-order valence-corrected chi connectivity index (χ3v) is 4.08. The summed E-state index contributed by atoms with van der Waals surface area (Å²) in [6, 6.07) is 5.07. The van der Waals surface area contributed by atoms with Crippen molar-refractivity contribution >= 4 is 34.8 Å². The van der Waals surface area contributed by atoms with Gasteiger partial charge in [-0.15, -0.1) is 0 Å². The lowest BCUT2D eigenvalue weighted by molar-refractivity contribution is -0.121. The highest BCUT2D eigenvalue weighted by Crippen LogP contribution is 2.31. The number of halogens is 1. The van der Waals surface area contributed by atoms with E-state index in [0.29, 0.717) is 30.5 Å². The summed E-state index contributed by atoms with van der Waals surface area (Å²) in [7, 11) is 0. The van der Waals surface area contributed by atoms with Crippen LogP contribution in [0, 0.1) is 5.92 Å². The Balaban J connectivity index is 2.00. The number of anilines is 2. The minimum absolute atomic E-state index is 0.0476. The Morgan fingerprint density at radius 1 is 1.35 bits per heavy atom. The van der Waals surface area contributed by atoms with E-state index in [1.165, 1.54) is 0 Å². The molecule has 0 aromatic heterocycles. The zero-order valence-electron chi connectivity index (χ0n) is 13.9. The van der Waals surface area contributed by atoms with Crippen molar-refractivity contribution in [2.45, 2.75) is 39.7 Å². The average Bonchev–Trinajstić information content (AvgIpc) is 2.90. The first-order valence-electron chi connectivity index (χ1n) is 8.02. The van der Waals surface area contributed by atoms with Crippen molar-refractivity contribution in [2.75, 3.05) is 23.3 Å². The van der Waals surface area contributed by atoms with Gasteiger partial charge in [0, 0.05) is 25.2 Å². The maximum atomic E-state index is 12.0. The first-order valence-corrected chi connectivity index (χ1v) is 8.40. The Hall–Kier alpha value is -1.75. The Morgan fingerprint density at radius 2 is 2.09 bits per heavy atom. The van der Waals surface area contributed by atoms with Gasteiger partial charge >= 0.3 is 0 Å². The number of carbonyl (C=O) groups is 2. The number of rotatable bonds is 6. The van der Waals surface area contributed by atoms with Crippen molar-refractivity contribution in [1.82, 2.24) is 5.32 Å². The fraction of sp³-hybridized carbons (Fsp3) is 0.529. The van der Waals surface area contributed by atoms with E-state index in [-0.39, 0.29) is 17.9 Å². The molecule has 1 heterocycles. The lowest BCUT2D eigenvalue weighted by atomic mass is 10.2. The van der Waals surface area contributed by atoms with Crippen molar-refractivity contribution < 1.29 is 9.59 Å². The largest absolute Gasteiger partial charge is 0.374 e. The summed E-state index contributed by atoms with van der Waals surface area (Å²) >= 11 is 6.31. The van der Waals surface area contributed by atoms with E-state index in [1.807, 2.05) is 19.1 Å². The smallest absolute Gasteiger partial charge is 0.242 e. The standard InChI is InChI=1S/C17H24ClN3O2/c1-11(2)10-19-17(23)12(3)20-13-6-7-15(14(18)9-13)21-8-4-5-16(21)22/h6-7,9,11-12,20H,4-5,8,10H2,1-3H3,(H,19,23)/t12-/m0/s1. The van der Waals surface area contributed by atoms with Crippen LogP contribution in [0.2, 0.25) is 5.02 Å². The van der Waals surface area contributed by atoms with Gasteiger partial charge in [-0.3, -0.25) is 9.59 Å². The summed E-state index contributed by atoms with van der Waals surface area (Å²) in [5.74, 6) is 0.473. The van der Waals surface area contributed by atoms with Crippen molar-refractivity contribution in [3.05, 3.63) is 23.2 Å². The number of benzene rings is 1. The highest BCUT2D eigenvalue weighted by Gasteiger charge is 2.23. The normalized spacial score (nSPS) is 15.9. The topological polar surface area (TPSA) is 61.4 Å². The Kier molecular flexibility index (Phi) is 5.88. The van der Waals surface area contributed by atoms with Gasteiger partial charge < -0.3 is 15.5 Å². The SMILES string of the molecule is CC(C)CNC(=O)[C@H](C)Nc1ccc(N2CCCC2=O)c(Cl)c1. The molecule has 1 aromatic rings. The second kappa shape index (κ2) is 7.68. The molecular weight excluding hydrogens is 314 g/mol. The minimum Gasteiger partial charge on any atom is -0.374 e. The molecule has 1 atom stereocenters. The maximum absolute atomic E-state index is 12.0. The lowest BCUT2D eigenvalue weighted by Crippen LogP contribution is -2.39. The van der Waals surface area contributed by atoms with Crippen LogP contribution in [0.4, 0.5) is 11.4 Å². The molecule has 1 saturated heterocycles. The Labute approximate surface area is 142 Å². The van der Waals surface area contributed by atoms with Crippen LogP contribution >= 0.6 is 11.6 Å². The van der Waals surface area contributed by atoms with Gasteiger partial charge in [-0.1, -0.05) is 25.4 Å². The van der Waals surface area contributed by atoms with Crippen molar-refractivity contribution in [1.29, 1.82) is 0 Å². The molecule has 1 fully saturated rings. The van der Waals surface area contributed by atoms with E-state index in [4.69, 9.17) is 11.6 Å². The maximum Gasteiger partial charge on any atom is 0.242 e. The predicted octanol–water partition coefficient (Wildman–Crippen LogP) is 3.04. The van der Waals surface area contributed by atoms with Gasteiger partial charge in [0.15, 0.2) is 0 Å². The molecule has 0 spiro atoms. The molecule has 0 radical (unpaired) electrons. The van der Waals surface area contributed by atoms with Crippen LogP contribution in [-0.2, 0) is 9.59 Å². The van der Waals surface area contributed by atoms with Crippen molar-refractivity contribution in [2.24, 2.45) is 5.92 Å². The number of hydrogen-bond acceptors (Lipinski definition) is 3. The van der Waals surface area contributed by atoms with Crippen LogP contribution in [0.15, 0.2) is 18.2 Å². The minimum atomic E-state index is -0.357. The fourth-order valence-corrected chi connectivity index (χ4v) is 2.77. The number of nitrogens with one attached hydrogen (secondary N) is 2. The number of hydrogen-bond donors (Lipinski definition) is 2. The van der Waals surface area contributed by atoms with Gasteiger partial charge in [0.05, 0.1) is 10.7 Å². The van der Waals surface area contributed by atoms with Crippen LogP contribution < -0.4 is 15.5 Å². The molecule has 0 unspecified atom stereocenters. The van der Waals surface area contributed by atoms with Gasteiger partial charge in [-0.2, -0.15) is 0 Å². The monoisotopic (exact) mass is 337 g/mol. The first kappa shape index (κ1) is 17.6. The molecule has 23 heavy (non-hydrogen) atoms. The zero-order valence-corrected chi connectivity index (χ0v) is 14.6. The van der Waals surface area contributed by atoms with Crippen LogP contribution in [0.25, 0.3) is 0 Å². The molecule has 2 amide bonds. The second-order valence-corrected chi connectivity index (χ2v) is 6.73. The summed E-state index contributed by atoms with van der Waals surface area (Å²) < 4.78 is 0. The molecule has 0 aliphatic carbocycles. The first-order chi connectivity index (χ1) is 10.9. The number of nitrogens with zero attached hydrogens (tertiary/aromatic N) is 1. The third-order valence-electron chi connectivity index (χ3n) is 3.77. The predicted molar refractivity (Wildman–Crippen MR) is 94.0 cm³/mol. The summed E-state index contributed by atoms with van der Waals surface area (Å²) in [5.41, 5.74) is 1.49. The molecule has 6 heteroatoms.